The number of hydrogen-bond donors (Lipinski definition) is 3. The summed E-state index contributed by atoms with van der Waals surface area (Å²) >= 11 is 0. The fraction of sp³-hybridized carbons (Fsp3) is 0.875. The molecule has 0 unspecified atom stereocenters. The van der Waals surface area contributed by atoms with Crippen LogP contribution in [0.25, 0.3) is 0 Å². The van der Waals surface area contributed by atoms with E-state index in [9.17, 15) is 4.79 Å². The van der Waals surface area contributed by atoms with E-state index < -0.39 is 0 Å². The van der Waals surface area contributed by atoms with Gasteiger partial charge in [0, 0.05) is 19.1 Å². The first-order valence-electron chi connectivity index (χ1n) is 4.74. The van der Waals surface area contributed by atoms with Crippen LogP contribution in [0, 0.1) is 0 Å². The Bertz CT molecular complexity index is 143. The van der Waals surface area contributed by atoms with Crippen LogP contribution in [0.5, 0.6) is 0 Å². The van der Waals surface area contributed by atoms with E-state index in [2.05, 4.69) is 5.43 Å². The molecular formula is C8H20N4O. The lowest BCUT2D eigenvalue weighted by Crippen LogP contribution is -2.48. The third kappa shape index (κ3) is 4.10. The predicted molar refractivity (Wildman–Crippen MR) is 52.8 cm³/mol. The second kappa shape index (κ2) is 6.68. The summed E-state index contributed by atoms with van der Waals surface area (Å²) in [5.41, 5.74) is 7.77. The largest absolute Gasteiger partial charge is 0.351 e. The van der Waals surface area contributed by atoms with Crippen molar-refractivity contribution in [3.8, 4) is 0 Å². The molecule has 0 radical (unpaired) electrons. The summed E-state index contributed by atoms with van der Waals surface area (Å²) in [5.74, 6) is 5.24. The molecule has 1 saturated heterocycles. The summed E-state index contributed by atoms with van der Waals surface area (Å²) in [4.78, 5) is 12.3. The van der Waals surface area contributed by atoms with Crippen LogP contribution >= 0.6 is 0 Å². The van der Waals surface area contributed by atoms with Crippen LogP contribution < -0.4 is 17.0 Å². The third-order valence-corrected chi connectivity index (χ3v) is 2.04. The number of carbonyl (C=O) groups is 1. The van der Waals surface area contributed by atoms with Crippen LogP contribution in [0.4, 0.5) is 4.79 Å². The number of primary amides is 1. The summed E-state index contributed by atoms with van der Waals surface area (Å²) in [7, 11) is 0. The van der Waals surface area contributed by atoms with Crippen molar-refractivity contribution in [2.24, 2.45) is 11.6 Å². The van der Waals surface area contributed by atoms with Crippen molar-refractivity contribution in [1.29, 1.82) is 0 Å². The summed E-state index contributed by atoms with van der Waals surface area (Å²) in [6.45, 7) is 5.43. The van der Waals surface area contributed by atoms with Gasteiger partial charge in [-0.15, -0.1) is 0 Å². The highest BCUT2D eigenvalue weighted by atomic mass is 16.2. The number of hydrazine groups is 1. The molecule has 1 aliphatic rings. The minimum atomic E-state index is -0.333. The van der Waals surface area contributed by atoms with E-state index >= 15 is 0 Å². The third-order valence-electron chi connectivity index (χ3n) is 2.04. The average molecular weight is 188 g/mol. The minimum absolute atomic E-state index is 0.333. The Hall–Kier alpha value is -0.810. The molecule has 5 nitrogen and oxygen atoms in total. The topological polar surface area (TPSA) is 84.4 Å². The first kappa shape index (κ1) is 12.2. The minimum Gasteiger partial charge on any atom is -0.351 e. The average Bonchev–Trinajstić information content (AvgIpc) is 2.21. The molecular weight excluding hydrogens is 168 g/mol. The van der Waals surface area contributed by atoms with Crippen molar-refractivity contribution in [1.82, 2.24) is 10.3 Å². The summed E-state index contributed by atoms with van der Waals surface area (Å²) in [6.07, 6.45) is 1.78. The van der Waals surface area contributed by atoms with Crippen molar-refractivity contribution in [3.05, 3.63) is 0 Å². The monoisotopic (exact) mass is 188 g/mol. The molecule has 2 amide bonds. The Labute approximate surface area is 79.4 Å². The summed E-state index contributed by atoms with van der Waals surface area (Å²) < 4.78 is 0. The first-order valence-corrected chi connectivity index (χ1v) is 4.74. The van der Waals surface area contributed by atoms with Crippen molar-refractivity contribution in [2.45, 2.75) is 32.7 Å². The molecule has 0 saturated carbocycles. The number of nitrogens with one attached hydrogen (secondary N) is 1. The molecule has 0 spiro atoms. The lowest BCUT2D eigenvalue weighted by molar-refractivity contribution is 0.185. The van der Waals surface area contributed by atoms with Crippen LogP contribution in [0.15, 0.2) is 0 Å². The fourth-order valence-corrected chi connectivity index (χ4v) is 1.27. The zero-order chi connectivity index (χ0) is 10.3. The van der Waals surface area contributed by atoms with Crippen molar-refractivity contribution < 1.29 is 4.79 Å². The second-order valence-electron chi connectivity index (χ2n) is 2.77. The van der Waals surface area contributed by atoms with E-state index in [4.69, 9.17) is 11.6 Å². The smallest absolute Gasteiger partial charge is 0.314 e. The van der Waals surface area contributed by atoms with E-state index in [1.54, 1.807) is 4.90 Å². The number of urea groups is 1. The Morgan fingerprint density at radius 1 is 1.38 bits per heavy atom. The van der Waals surface area contributed by atoms with Gasteiger partial charge in [-0.25, -0.2) is 4.79 Å². The van der Waals surface area contributed by atoms with Gasteiger partial charge >= 0.3 is 6.03 Å². The summed E-state index contributed by atoms with van der Waals surface area (Å²) in [6, 6.07) is 0.00562. The number of nitrogens with zero attached hydrogens (tertiary/aromatic N) is 1. The predicted octanol–water partition coefficient (Wildman–Crippen LogP) is 0.0190. The van der Waals surface area contributed by atoms with Gasteiger partial charge in [0.15, 0.2) is 0 Å². The number of likely N-dealkylation sites (tertiary alicyclic amines) is 1. The SMILES string of the molecule is CC.NNC1CCN(C(N)=O)CC1. The Balaban J connectivity index is 0.000000671. The van der Waals surface area contributed by atoms with Crippen molar-refractivity contribution in [3.63, 3.8) is 0 Å². The molecule has 5 heteroatoms. The molecule has 0 aromatic rings. The first-order chi connectivity index (χ1) is 6.24. The molecule has 0 atom stereocenters. The zero-order valence-electron chi connectivity index (χ0n) is 8.42. The van der Waals surface area contributed by atoms with E-state index in [0.717, 1.165) is 12.8 Å². The molecule has 13 heavy (non-hydrogen) atoms. The maximum absolute atomic E-state index is 10.6. The number of nitrogens with two attached hydrogens (primary N) is 2. The van der Waals surface area contributed by atoms with Crippen LogP contribution in [0.3, 0.4) is 0 Å². The van der Waals surface area contributed by atoms with Gasteiger partial charge in [-0.2, -0.15) is 0 Å². The zero-order valence-corrected chi connectivity index (χ0v) is 8.42. The van der Waals surface area contributed by atoms with E-state index in [0.29, 0.717) is 19.1 Å². The van der Waals surface area contributed by atoms with E-state index in [1.807, 2.05) is 13.8 Å². The normalized spacial score (nSPS) is 17.6. The lowest BCUT2D eigenvalue weighted by Gasteiger charge is -2.30. The highest BCUT2D eigenvalue weighted by Gasteiger charge is 2.19. The molecule has 0 aliphatic carbocycles. The van der Waals surface area contributed by atoms with Gasteiger partial charge in [0.25, 0.3) is 0 Å². The number of amides is 2. The Morgan fingerprint density at radius 2 is 1.85 bits per heavy atom. The molecule has 1 fully saturated rings. The van der Waals surface area contributed by atoms with E-state index in [1.165, 1.54) is 0 Å². The molecule has 1 aliphatic heterocycles. The van der Waals surface area contributed by atoms with Gasteiger partial charge in [-0.3, -0.25) is 11.3 Å². The fourth-order valence-electron chi connectivity index (χ4n) is 1.27. The highest BCUT2D eigenvalue weighted by Crippen LogP contribution is 2.08. The maximum atomic E-state index is 10.6. The van der Waals surface area contributed by atoms with Gasteiger partial charge in [-0.05, 0) is 12.8 Å². The second-order valence-corrected chi connectivity index (χ2v) is 2.77. The van der Waals surface area contributed by atoms with Crippen molar-refractivity contribution in [2.75, 3.05) is 13.1 Å². The molecule has 0 aromatic heterocycles. The number of piperidine rings is 1. The summed E-state index contributed by atoms with van der Waals surface area (Å²) in [5, 5.41) is 0. The van der Waals surface area contributed by atoms with Crippen LogP contribution in [0.2, 0.25) is 0 Å². The Morgan fingerprint density at radius 3 is 2.15 bits per heavy atom. The van der Waals surface area contributed by atoms with Gasteiger partial charge in [0.05, 0.1) is 0 Å². The quantitative estimate of drug-likeness (QED) is 0.400. The molecule has 78 valence electrons. The van der Waals surface area contributed by atoms with Crippen LogP contribution in [0.1, 0.15) is 26.7 Å². The lowest BCUT2D eigenvalue weighted by atomic mass is 10.1. The molecule has 1 rings (SSSR count). The highest BCUT2D eigenvalue weighted by molar-refractivity contribution is 5.72. The van der Waals surface area contributed by atoms with Crippen molar-refractivity contribution >= 4 is 6.03 Å². The van der Waals surface area contributed by atoms with Crippen LogP contribution in [-0.4, -0.2) is 30.1 Å². The van der Waals surface area contributed by atoms with Gasteiger partial charge in [0.2, 0.25) is 0 Å². The van der Waals surface area contributed by atoms with Crippen LogP contribution in [-0.2, 0) is 0 Å². The standard InChI is InChI=1S/C6H14N4O.C2H6/c7-6(11)10-3-1-5(9-8)2-4-10;1-2/h5,9H,1-4,8H2,(H2,7,11);1-2H3. The number of hydrogen-bond acceptors (Lipinski definition) is 3. The Kier molecular flexibility index (Phi) is 6.26. The number of carbonyl (C=O) groups excluding carboxylic acids is 1. The molecule has 0 bridgehead atoms. The number of rotatable bonds is 1. The van der Waals surface area contributed by atoms with E-state index in [-0.39, 0.29) is 6.03 Å². The van der Waals surface area contributed by atoms with Gasteiger partial charge in [0.1, 0.15) is 0 Å². The molecule has 1 heterocycles. The van der Waals surface area contributed by atoms with Gasteiger partial charge in [-0.1, -0.05) is 13.8 Å². The molecule has 5 N–H and O–H groups in total. The molecule has 0 aromatic carbocycles. The maximum Gasteiger partial charge on any atom is 0.314 e. The van der Waals surface area contributed by atoms with Gasteiger partial charge < -0.3 is 10.6 Å².